The minimum atomic E-state index is 0.261. The van der Waals surface area contributed by atoms with Crippen molar-refractivity contribution in [3.63, 3.8) is 0 Å². The smallest absolute Gasteiger partial charge is 0.157 e. The van der Waals surface area contributed by atoms with Gasteiger partial charge >= 0.3 is 0 Å². The van der Waals surface area contributed by atoms with Gasteiger partial charge in [0.1, 0.15) is 0 Å². The molecule has 3 aliphatic rings. The zero-order valence-electron chi connectivity index (χ0n) is 11.7. The SMILES string of the molecule is CC(N=C1NC2(CCOCC2)CS1)C1CCOCC1. The van der Waals surface area contributed by atoms with Crippen LogP contribution in [0.2, 0.25) is 0 Å². The summed E-state index contributed by atoms with van der Waals surface area (Å²) in [6.07, 6.45) is 4.54. The molecule has 5 heteroatoms. The number of ether oxygens (including phenoxy) is 2. The normalized spacial score (nSPS) is 31.5. The van der Waals surface area contributed by atoms with E-state index in [1.54, 1.807) is 0 Å². The Morgan fingerprint density at radius 1 is 1.21 bits per heavy atom. The molecule has 3 rings (SSSR count). The van der Waals surface area contributed by atoms with Gasteiger partial charge in [-0.25, -0.2) is 0 Å². The Labute approximate surface area is 119 Å². The van der Waals surface area contributed by atoms with Gasteiger partial charge in [0.05, 0.1) is 11.6 Å². The summed E-state index contributed by atoms with van der Waals surface area (Å²) in [6, 6.07) is 0.411. The molecule has 1 atom stereocenters. The van der Waals surface area contributed by atoms with Crippen LogP contribution >= 0.6 is 11.8 Å². The Kier molecular flexibility index (Phi) is 4.34. The van der Waals surface area contributed by atoms with Crippen LogP contribution in [0.3, 0.4) is 0 Å². The molecule has 19 heavy (non-hydrogen) atoms. The first kappa shape index (κ1) is 13.7. The maximum absolute atomic E-state index is 5.46. The van der Waals surface area contributed by atoms with Crippen LogP contribution in [0.25, 0.3) is 0 Å². The van der Waals surface area contributed by atoms with E-state index in [1.165, 1.54) is 0 Å². The van der Waals surface area contributed by atoms with E-state index >= 15 is 0 Å². The van der Waals surface area contributed by atoms with E-state index in [-0.39, 0.29) is 5.54 Å². The second kappa shape index (κ2) is 6.02. The highest BCUT2D eigenvalue weighted by atomic mass is 32.2. The predicted molar refractivity (Wildman–Crippen MR) is 78.8 cm³/mol. The highest BCUT2D eigenvalue weighted by Crippen LogP contribution is 2.32. The van der Waals surface area contributed by atoms with Gasteiger partial charge in [-0.05, 0) is 38.5 Å². The van der Waals surface area contributed by atoms with Gasteiger partial charge in [-0.2, -0.15) is 0 Å². The first-order valence-corrected chi connectivity index (χ1v) is 8.40. The third-order valence-electron chi connectivity index (χ3n) is 4.58. The molecule has 0 aromatic carbocycles. The molecule has 3 heterocycles. The van der Waals surface area contributed by atoms with Crippen molar-refractivity contribution in [1.29, 1.82) is 0 Å². The standard InChI is InChI=1S/C14H24N2O2S/c1-11(12-2-6-17-7-3-12)15-13-16-14(10-19-13)4-8-18-9-5-14/h11-12H,2-10H2,1H3,(H,15,16). The van der Waals surface area contributed by atoms with Crippen LogP contribution in [0.1, 0.15) is 32.6 Å². The minimum Gasteiger partial charge on any atom is -0.381 e. The second-order valence-electron chi connectivity index (χ2n) is 5.93. The molecule has 1 spiro atoms. The molecule has 4 nitrogen and oxygen atoms in total. The molecule has 0 amide bonds. The van der Waals surface area contributed by atoms with Gasteiger partial charge in [0, 0.05) is 32.2 Å². The van der Waals surface area contributed by atoms with Gasteiger partial charge in [-0.3, -0.25) is 4.99 Å². The van der Waals surface area contributed by atoms with Crippen LogP contribution in [0, 0.1) is 5.92 Å². The minimum absolute atomic E-state index is 0.261. The molecule has 0 radical (unpaired) electrons. The lowest BCUT2D eigenvalue weighted by Gasteiger charge is -2.33. The molecule has 3 fully saturated rings. The third kappa shape index (κ3) is 3.26. The topological polar surface area (TPSA) is 42.9 Å². The summed E-state index contributed by atoms with van der Waals surface area (Å²) in [5.74, 6) is 1.84. The van der Waals surface area contributed by atoms with Gasteiger partial charge in [-0.15, -0.1) is 0 Å². The van der Waals surface area contributed by atoms with Crippen molar-refractivity contribution in [1.82, 2.24) is 5.32 Å². The van der Waals surface area contributed by atoms with Crippen LogP contribution in [0.5, 0.6) is 0 Å². The lowest BCUT2D eigenvalue weighted by atomic mass is 9.92. The van der Waals surface area contributed by atoms with Crippen molar-refractivity contribution >= 4 is 16.9 Å². The molecular formula is C14H24N2O2S. The highest BCUT2D eigenvalue weighted by molar-refractivity contribution is 8.14. The van der Waals surface area contributed by atoms with Gasteiger partial charge in [0.25, 0.3) is 0 Å². The third-order valence-corrected chi connectivity index (χ3v) is 5.75. The average molecular weight is 284 g/mol. The molecule has 0 saturated carbocycles. The maximum atomic E-state index is 5.46. The van der Waals surface area contributed by atoms with Gasteiger partial charge in [0.15, 0.2) is 5.17 Å². The summed E-state index contributed by atoms with van der Waals surface area (Å²) in [4.78, 5) is 4.92. The Bertz CT molecular complexity index is 336. The lowest BCUT2D eigenvalue weighted by Crippen LogP contribution is -2.48. The van der Waals surface area contributed by atoms with Crippen LogP contribution in [-0.4, -0.2) is 48.9 Å². The van der Waals surface area contributed by atoms with Crippen LogP contribution < -0.4 is 5.32 Å². The van der Waals surface area contributed by atoms with Gasteiger partial charge in [0.2, 0.25) is 0 Å². The van der Waals surface area contributed by atoms with Crippen molar-refractivity contribution in [2.24, 2.45) is 10.9 Å². The van der Waals surface area contributed by atoms with Crippen molar-refractivity contribution in [3.05, 3.63) is 0 Å². The van der Waals surface area contributed by atoms with Crippen LogP contribution in [0.15, 0.2) is 4.99 Å². The number of rotatable bonds is 2. The fourth-order valence-corrected chi connectivity index (χ4v) is 4.40. The zero-order valence-corrected chi connectivity index (χ0v) is 12.5. The lowest BCUT2D eigenvalue weighted by molar-refractivity contribution is 0.0551. The van der Waals surface area contributed by atoms with Crippen molar-refractivity contribution in [2.45, 2.75) is 44.2 Å². The second-order valence-corrected chi connectivity index (χ2v) is 6.90. The number of aliphatic imine (C=N–C) groups is 1. The maximum Gasteiger partial charge on any atom is 0.157 e. The predicted octanol–water partition coefficient (Wildman–Crippen LogP) is 2.04. The van der Waals surface area contributed by atoms with Crippen molar-refractivity contribution in [3.8, 4) is 0 Å². The Hall–Kier alpha value is -0.260. The molecule has 0 aliphatic carbocycles. The number of hydrogen-bond donors (Lipinski definition) is 1. The van der Waals surface area contributed by atoms with Crippen molar-refractivity contribution in [2.75, 3.05) is 32.2 Å². The summed E-state index contributed by atoms with van der Waals surface area (Å²) >= 11 is 1.89. The number of amidine groups is 1. The van der Waals surface area contributed by atoms with E-state index in [0.717, 1.165) is 63.0 Å². The number of nitrogens with zero attached hydrogens (tertiary/aromatic N) is 1. The zero-order chi connectivity index (χ0) is 13.1. The molecule has 0 aromatic rings. The number of nitrogens with one attached hydrogen (secondary N) is 1. The summed E-state index contributed by atoms with van der Waals surface area (Å²) < 4.78 is 10.9. The van der Waals surface area contributed by atoms with E-state index < -0.39 is 0 Å². The van der Waals surface area contributed by atoms with Gasteiger partial charge in [-0.1, -0.05) is 11.8 Å². The van der Waals surface area contributed by atoms with Crippen molar-refractivity contribution < 1.29 is 9.47 Å². The number of hydrogen-bond acceptors (Lipinski definition) is 4. The molecular weight excluding hydrogens is 260 g/mol. The molecule has 3 aliphatic heterocycles. The van der Waals surface area contributed by atoms with E-state index in [1.807, 2.05) is 11.8 Å². The number of thioether (sulfide) groups is 1. The Balaban J connectivity index is 1.58. The van der Waals surface area contributed by atoms with Crippen LogP contribution in [0.4, 0.5) is 0 Å². The molecule has 0 bridgehead atoms. The highest BCUT2D eigenvalue weighted by Gasteiger charge is 2.39. The van der Waals surface area contributed by atoms with E-state index in [0.29, 0.717) is 12.0 Å². The average Bonchev–Trinajstić information content (AvgIpc) is 2.83. The van der Waals surface area contributed by atoms with Crippen LogP contribution in [-0.2, 0) is 9.47 Å². The molecule has 1 unspecified atom stereocenters. The first-order chi connectivity index (χ1) is 9.27. The molecule has 1 N–H and O–H groups in total. The fraction of sp³-hybridized carbons (Fsp3) is 0.929. The van der Waals surface area contributed by atoms with E-state index in [4.69, 9.17) is 14.5 Å². The monoisotopic (exact) mass is 284 g/mol. The summed E-state index contributed by atoms with van der Waals surface area (Å²) in [6.45, 7) is 5.83. The molecule has 108 valence electrons. The summed E-state index contributed by atoms with van der Waals surface area (Å²) in [5, 5.41) is 4.83. The largest absolute Gasteiger partial charge is 0.381 e. The Morgan fingerprint density at radius 2 is 1.89 bits per heavy atom. The quantitative estimate of drug-likeness (QED) is 0.843. The summed E-state index contributed by atoms with van der Waals surface area (Å²) in [5.41, 5.74) is 0.261. The first-order valence-electron chi connectivity index (χ1n) is 7.42. The summed E-state index contributed by atoms with van der Waals surface area (Å²) in [7, 11) is 0. The Morgan fingerprint density at radius 3 is 2.63 bits per heavy atom. The fourth-order valence-electron chi connectivity index (χ4n) is 3.10. The van der Waals surface area contributed by atoms with Gasteiger partial charge < -0.3 is 14.8 Å². The van der Waals surface area contributed by atoms with E-state index in [2.05, 4.69) is 12.2 Å². The van der Waals surface area contributed by atoms with E-state index in [9.17, 15) is 0 Å². The molecule has 3 saturated heterocycles. The molecule has 0 aromatic heterocycles.